The highest BCUT2D eigenvalue weighted by atomic mass is 16.5. The van der Waals surface area contributed by atoms with Gasteiger partial charge in [0.15, 0.2) is 11.5 Å². The van der Waals surface area contributed by atoms with E-state index in [-0.39, 0.29) is 17.2 Å². The van der Waals surface area contributed by atoms with E-state index in [0.29, 0.717) is 22.8 Å². The number of ether oxygens (including phenoxy) is 3. The molecule has 0 amide bonds. The number of hydrogen-bond acceptors (Lipinski definition) is 8. The molecule has 0 spiro atoms. The third-order valence-electron chi connectivity index (χ3n) is 2.97. The molecule has 0 bridgehead atoms. The van der Waals surface area contributed by atoms with Crippen molar-refractivity contribution in [2.24, 2.45) is 5.10 Å². The van der Waals surface area contributed by atoms with Gasteiger partial charge in [0.25, 0.3) is 5.56 Å². The highest BCUT2D eigenvalue weighted by Gasteiger charge is 2.14. The molecule has 2 N–H and O–H groups in total. The number of methoxy groups -OCH3 is 3. The van der Waals surface area contributed by atoms with E-state index in [9.17, 15) is 4.79 Å². The van der Waals surface area contributed by atoms with Crippen molar-refractivity contribution < 1.29 is 14.2 Å². The largest absolute Gasteiger partial charge is 0.493 e. The number of rotatable bonds is 6. The molecule has 0 aliphatic rings. The normalized spacial score (nSPS) is 10.6. The number of aromatic nitrogens is 3. The molecular weight excluding hydrogens is 302 g/mol. The van der Waals surface area contributed by atoms with Gasteiger partial charge in [-0.2, -0.15) is 5.10 Å². The Kier molecular flexibility index (Phi) is 5.13. The number of nitrogens with one attached hydrogen (secondary N) is 2. The van der Waals surface area contributed by atoms with Crippen LogP contribution in [0.25, 0.3) is 0 Å². The maximum absolute atomic E-state index is 11.4. The SMILES string of the molecule is COc1ccc(C=NNc2nnc(C)c(=O)[nH]2)c(OC)c1OC. The van der Waals surface area contributed by atoms with E-state index < -0.39 is 0 Å². The average molecular weight is 319 g/mol. The van der Waals surface area contributed by atoms with E-state index in [1.807, 2.05) is 0 Å². The maximum atomic E-state index is 11.4. The number of hydrazone groups is 1. The smallest absolute Gasteiger partial charge is 0.274 e. The lowest BCUT2D eigenvalue weighted by Crippen LogP contribution is -2.15. The topological polar surface area (TPSA) is 111 Å². The van der Waals surface area contributed by atoms with E-state index in [1.165, 1.54) is 20.4 Å². The van der Waals surface area contributed by atoms with Gasteiger partial charge >= 0.3 is 0 Å². The van der Waals surface area contributed by atoms with Gasteiger partial charge in [-0.3, -0.25) is 9.78 Å². The first-order valence-electron chi connectivity index (χ1n) is 6.62. The molecule has 2 aromatic rings. The van der Waals surface area contributed by atoms with Crippen LogP contribution in [-0.2, 0) is 0 Å². The van der Waals surface area contributed by atoms with Gasteiger partial charge in [-0.25, -0.2) is 5.43 Å². The van der Waals surface area contributed by atoms with Crippen LogP contribution in [0.1, 0.15) is 11.3 Å². The van der Waals surface area contributed by atoms with Crippen LogP contribution in [-0.4, -0.2) is 42.7 Å². The molecule has 0 saturated carbocycles. The Labute approximate surface area is 132 Å². The van der Waals surface area contributed by atoms with Gasteiger partial charge in [-0.1, -0.05) is 0 Å². The maximum Gasteiger partial charge on any atom is 0.274 e. The minimum Gasteiger partial charge on any atom is -0.493 e. The first-order valence-corrected chi connectivity index (χ1v) is 6.62. The standard InChI is InChI=1S/C14H17N5O4/c1-8-13(20)16-14(19-17-8)18-15-7-9-5-6-10(21-2)12(23-4)11(9)22-3/h5-7H,1-4H3,(H2,16,18,19,20). The van der Waals surface area contributed by atoms with Gasteiger partial charge in [0.1, 0.15) is 5.69 Å². The van der Waals surface area contributed by atoms with E-state index in [0.717, 1.165) is 0 Å². The second-order valence-electron chi connectivity index (χ2n) is 4.38. The lowest BCUT2D eigenvalue weighted by Gasteiger charge is -2.13. The summed E-state index contributed by atoms with van der Waals surface area (Å²) in [6, 6.07) is 3.49. The minimum atomic E-state index is -0.332. The van der Waals surface area contributed by atoms with E-state index in [4.69, 9.17) is 14.2 Å². The highest BCUT2D eigenvalue weighted by molar-refractivity contribution is 5.86. The third-order valence-corrected chi connectivity index (χ3v) is 2.97. The van der Waals surface area contributed by atoms with Crippen LogP contribution < -0.4 is 25.2 Å². The van der Waals surface area contributed by atoms with Gasteiger partial charge in [0, 0.05) is 5.56 Å². The summed E-state index contributed by atoms with van der Waals surface area (Å²) in [6.45, 7) is 1.56. The molecule has 1 aromatic heterocycles. The van der Waals surface area contributed by atoms with Gasteiger partial charge in [-0.15, -0.1) is 10.2 Å². The van der Waals surface area contributed by atoms with Crippen molar-refractivity contribution in [1.29, 1.82) is 0 Å². The lowest BCUT2D eigenvalue weighted by atomic mass is 10.2. The lowest BCUT2D eigenvalue weighted by molar-refractivity contribution is 0.324. The molecule has 2 rings (SSSR count). The van der Waals surface area contributed by atoms with Crippen molar-refractivity contribution in [2.45, 2.75) is 6.92 Å². The van der Waals surface area contributed by atoms with Crippen LogP contribution in [0, 0.1) is 6.92 Å². The average Bonchev–Trinajstić information content (AvgIpc) is 2.57. The first-order chi connectivity index (χ1) is 11.1. The Morgan fingerprint density at radius 2 is 1.87 bits per heavy atom. The third kappa shape index (κ3) is 3.57. The van der Waals surface area contributed by atoms with Crippen LogP contribution in [0.5, 0.6) is 17.2 Å². The zero-order chi connectivity index (χ0) is 16.8. The molecule has 9 nitrogen and oxygen atoms in total. The Balaban J connectivity index is 2.25. The summed E-state index contributed by atoms with van der Waals surface area (Å²) in [5.74, 6) is 1.61. The van der Waals surface area contributed by atoms with Crippen LogP contribution in [0.2, 0.25) is 0 Å². The van der Waals surface area contributed by atoms with Crippen molar-refractivity contribution in [2.75, 3.05) is 26.8 Å². The fourth-order valence-electron chi connectivity index (χ4n) is 1.83. The number of hydrogen-bond donors (Lipinski definition) is 2. The summed E-state index contributed by atoms with van der Waals surface area (Å²) >= 11 is 0. The van der Waals surface area contributed by atoms with Crippen LogP contribution in [0.4, 0.5) is 5.95 Å². The predicted molar refractivity (Wildman–Crippen MR) is 84.7 cm³/mol. The molecule has 0 aliphatic heterocycles. The minimum absolute atomic E-state index is 0.135. The number of anilines is 1. The molecule has 23 heavy (non-hydrogen) atoms. The Morgan fingerprint density at radius 1 is 1.13 bits per heavy atom. The predicted octanol–water partition coefficient (Wildman–Crippen LogP) is 0.945. The van der Waals surface area contributed by atoms with Gasteiger partial charge in [0.2, 0.25) is 11.7 Å². The van der Waals surface area contributed by atoms with Crippen LogP contribution in [0.15, 0.2) is 22.0 Å². The van der Waals surface area contributed by atoms with Crippen molar-refractivity contribution >= 4 is 12.2 Å². The molecule has 0 radical (unpaired) electrons. The Hall–Kier alpha value is -3.10. The molecule has 9 heteroatoms. The van der Waals surface area contributed by atoms with E-state index in [1.54, 1.807) is 26.2 Å². The summed E-state index contributed by atoms with van der Waals surface area (Å²) in [5, 5.41) is 11.5. The Bertz CT molecular complexity index is 772. The molecule has 122 valence electrons. The first kappa shape index (κ1) is 16.3. The fourth-order valence-corrected chi connectivity index (χ4v) is 1.83. The summed E-state index contributed by atoms with van der Waals surface area (Å²) < 4.78 is 15.8. The molecule has 1 heterocycles. The molecular formula is C14H17N5O4. The Morgan fingerprint density at radius 3 is 2.48 bits per heavy atom. The summed E-state index contributed by atoms with van der Waals surface area (Å²) in [7, 11) is 4.58. The second-order valence-corrected chi connectivity index (χ2v) is 4.38. The van der Waals surface area contributed by atoms with Gasteiger partial charge in [-0.05, 0) is 19.1 Å². The number of aryl methyl sites for hydroxylation is 1. The van der Waals surface area contributed by atoms with Crippen molar-refractivity contribution in [1.82, 2.24) is 15.2 Å². The molecule has 0 aliphatic carbocycles. The second kappa shape index (κ2) is 7.25. The molecule has 0 fully saturated rings. The zero-order valence-electron chi connectivity index (χ0n) is 13.2. The molecule has 1 aromatic carbocycles. The van der Waals surface area contributed by atoms with Crippen molar-refractivity contribution in [3.8, 4) is 17.2 Å². The number of benzene rings is 1. The van der Waals surface area contributed by atoms with Crippen molar-refractivity contribution in [3.63, 3.8) is 0 Å². The number of H-pyrrole nitrogens is 1. The van der Waals surface area contributed by atoms with Crippen molar-refractivity contribution in [3.05, 3.63) is 33.7 Å². The zero-order valence-corrected chi connectivity index (χ0v) is 13.2. The quantitative estimate of drug-likeness (QED) is 0.602. The monoisotopic (exact) mass is 319 g/mol. The molecule has 0 saturated heterocycles. The van der Waals surface area contributed by atoms with Crippen LogP contribution >= 0.6 is 0 Å². The number of aromatic amines is 1. The number of nitrogens with zero attached hydrogens (tertiary/aromatic N) is 3. The fraction of sp³-hybridized carbons (Fsp3) is 0.286. The summed E-state index contributed by atoms with van der Waals surface area (Å²) in [4.78, 5) is 13.9. The van der Waals surface area contributed by atoms with Gasteiger partial charge in [0.05, 0.1) is 27.5 Å². The van der Waals surface area contributed by atoms with E-state index >= 15 is 0 Å². The van der Waals surface area contributed by atoms with Gasteiger partial charge < -0.3 is 14.2 Å². The molecule has 0 unspecified atom stereocenters. The van der Waals surface area contributed by atoms with E-state index in [2.05, 4.69) is 25.7 Å². The molecule has 0 atom stereocenters. The van der Waals surface area contributed by atoms with Crippen LogP contribution in [0.3, 0.4) is 0 Å². The highest BCUT2D eigenvalue weighted by Crippen LogP contribution is 2.38. The summed E-state index contributed by atoms with van der Waals surface area (Å²) in [6.07, 6.45) is 1.50. The summed E-state index contributed by atoms with van der Waals surface area (Å²) in [5.41, 5.74) is 3.19.